The van der Waals surface area contributed by atoms with Crippen LogP contribution in [0, 0.1) is 0 Å². The Labute approximate surface area is 124 Å². The highest BCUT2D eigenvalue weighted by atomic mass is 32.2. The number of ether oxygens (including phenoxy) is 1. The largest absolute Gasteiger partial charge is 0.468 e. The molecule has 0 amide bonds. The highest BCUT2D eigenvalue weighted by Crippen LogP contribution is 2.24. The molecule has 1 fully saturated rings. The quantitative estimate of drug-likeness (QED) is 0.665. The lowest BCUT2D eigenvalue weighted by Crippen LogP contribution is -2.48. The molecule has 1 heterocycles. The summed E-state index contributed by atoms with van der Waals surface area (Å²) < 4.78 is 31.1. The maximum atomic E-state index is 12.6. The van der Waals surface area contributed by atoms with E-state index in [9.17, 15) is 13.2 Å². The number of carbonyl (C=O) groups excluding carboxylic acids is 1. The van der Waals surface area contributed by atoms with E-state index in [0.29, 0.717) is 24.2 Å². The second-order valence-electron chi connectivity index (χ2n) is 5.15. The van der Waals surface area contributed by atoms with E-state index in [0.717, 1.165) is 12.8 Å². The summed E-state index contributed by atoms with van der Waals surface area (Å²) in [4.78, 5) is 11.8. The fraction of sp³-hybridized carbons (Fsp3) is 0.500. The molecule has 1 saturated heterocycles. The third kappa shape index (κ3) is 3.74. The van der Waals surface area contributed by atoms with Crippen LogP contribution in [0.3, 0.4) is 0 Å². The Morgan fingerprint density at radius 2 is 2.19 bits per heavy atom. The van der Waals surface area contributed by atoms with Crippen molar-refractivity contribution in [2.75, 3.05) is 19.4 Å². The van der Waals surface area contributed by atoms with Crippen LogP contribution in [-0.4, -0.2) is 38.4 Å². The van der Waals surface area contributed by atoms with E-state index in [1.54, 1.807) is 24.3 Å². The fourth-order valence-electron chi connectivity index (χ4n) is 2.59. The first-order valence-electron chi connectivity index (χ1n) is 6.86. The molecular weight excluding hydrogens is 292 g/mol. The number of nitrogens with two attached hydrogens (primary N) is 1. The van der Waals surface area contributed by atoms with Crippen molar-refractivity contribution in [3.63, 3.8) is 0 Å². The predicted molar refractivity (Wildman–Crippen MR) is 79.8 cm³/mol. The van der Waals surface area contributed by atoms with Crippen LogP contribution in [-0.2, 0) is 25.3 Å². The molecule has 2 N–H and O–H groups in total. The number of benzene rings is 1. The van der Waals surface area contributed by atoms with Crippen LogP contribution in [0.15, 0.2) is 24.3 Å². The summed E-state index contributed by atoms with van der Waals surface area (Å²) in [6, 6.07) is 6.05. The minimum Gasteiger partial charge on any atom is -0.468 e. The summed E-state index contributed by atoms with van der Waals surface area (Å²) in [5.41, 5.74) is 6.80. The minimum atomic E-state index is -3.58. The number of rotatable bonds is 4. The molecular formula is C14H20N2O4S. The van der Waals surface area contributed by atoms with Crippen molar-refractivity contribution in [2.45, 2.75) is 31.1 Å². The van der Waals surface area contributed by atoms with Gasteiger partial charge >= 0.3 is 5.97 Å². The highest BCUT2D eigenvalue weighted by Gasteiger charge is 2.37. The summed E-state index contributed by atoms with van der Waals surface area (Å²) in [5.74, 6) is -0.656. The van der Waals surface area contributed by atoms with Crippen LogP contribution in [0.2, 0.25) is 0 Å². The zero-order chi connectivity index (χ0) is 15.5. The van der Waals surface area contributed by atoms with E-state index in [2.05, 4.69) is 0 Å². The molecule has 116 valence electrons. The van der Waals surface area contributed by atoms with Crippen LogP contribution in [0.1, 0.15) is 24.8 Å². The van der Waals surface area contributed by atoms with Gasteiger partial charge in [-0.3, -0.25) is 4.79 Å². The first kappa shape index (κ1) is 15.8. The van der Waals surface area contributed by atoms with E-state index >= 15 is 0 Å². The van der Waals surface area contributed by atoms with E-state index in [-0.39, 0.29) is 5.75 Å². The maximum absolute atomic E-state index is 12.6. The van der Waals surface area contributed by atoms with Gasteiger partial charge in [0.15, 0.2) is 0 Å². The second kappa shape index (κ2) is 6.44. The zero-order valence-corrected chi connectivity index (χ0v) is 12.8. The van der Waals surface area contributed by atoms with Crippen molar-refractivity contribution >= 4 is 21.7 Å². The van der Waals surface area contributed by atoms with Crippen LogP contribution < -0.4 is 5.73 Å². The Kier molecular flexibility index (Phi) is 4.84. The molecule has 21 heavy (non-hydrogen) atoms. The molecule has 1 aromatic rings. The summed E-state index contributed by atoms with van der Waals surface area (Å²) in [7, 11) is -2.30. The van der Waals surface area contributed by atoms with Crippen molar-refractivity contribution in [3.8, 4) is 0 Å². The second-order valence-corrected chi connectivity index (χ2v) is 7.07. The Hall–Kier alpha value is -1.60. The molecule has 6 nitrogen and oxygen atoms in total. The van der Waals surface area contributed by atoms with Crippen molar-refractivity contribution in [1.29, 1.82) is 0 Å². The zero-order valence-electron chi connectivity index (χ0n) is 12.0. The van der Waals surface area contributed by atoms with E-state index in [4.69, 9.17) is 10.5 Å². The Morgan fingerprint density at radius 1 is 1.43 bits per heavy atom. The van der Waals surface area contributed by atoms with Gasteiger partial charge in [-0.05, 0) is 37.0 Å². The van der Waals surface area contributed by atoms with Crippen molar-refractivity contribution in [3.05, 3.63) is 29.8 Å². The van der Waals surface area contributed by atoms with Gasteiger partial charge in [-0.25, -0.2) is 8.42 Å². The van der Waals surface area contributed by atoms with Gasteiger partial charge in [0.25, 0.3) is 0 Å². The summed E-state index contributed by atoms with van der Waals surface area (Å²) in [6.07, 6.45) is 2.08. The predicted octanol–water partition coefficient (Wildman–Crippen LogP) is 1.13. The molecule has 1 atom stereocenters. The van der Waals surface area contributed by atoms with E-state index in [1.807, 2.05) is 0 Å². The van der Waals surface area contributed by atoms with Crippen LogP contribution in [0.25, 0.3) is 0 Å². The van der Waals surface area contributed by atoms with E-state index < -0.39 is 22.0 Å². The van der Waals surface area contributed by atoms with Gasteiger partial charge in [0.2, 0.25) is 10.0 Å². The van der Waals surface area contributed by atoms with Gasteiger partial charge < -0.3 is 10.5 Å². The van der Waals surface area contributed by atoms with Crippen molar-refractivity contribution in [1.82, 2.24) is 4.31 Å². The molecule has 1 aromatic carbocycles. The van der Waals surface area contributed by atoms with E-state index in [1.165, 1.54) is 11.4 Å². The third-order valence-corrected chi connectivity index (χ3v) is 5.43. The first-order chi connectivity index (χ1) is 9.94. The number of piperidine rings is 1. The normalized spacial score (nSPS) is 20.1. The Morgan fingerprint density at radius 3 is 2.86 bits per heavy atom. The molecule has 0 radical (unpaired) electrons. The summed E-state index contributed by atoms with van der Waals surface area (Å²) >= 11 is 0. The lowest BCUT2D eigenvalue weighted by atomic mass is 10.1. The lowest BCUT2D eigenvalue weighted by molar-refractivity contribution is -0.146. The van der Waals surface area contributed by atoms with Gasteiger partial charge in [0, 0.05) is 12.2 Å². The average molecular weight is 312 g/mol. The number of methoxy groups -OCH3 is 1. The minimum absolute atomic E-state index is 0.161. The van der Waals surface area contributed by atoms with Crippen molar-refractivity contribution < 1.29 is 17.9 Å². The molecule has 1 aliphatic rings. The number of esters is 1. The Bertz CT molecular complexity index is 615. The first-order valence-corrected chi connectivity index (χ1v) is 8.47. The molecule has 7 heteroatoms. The standard InChI is InChI=1S/C14H20N2O4S/c1-20-14(17)13-7-2-3-8-16(13)21(18,19)10-11-5-4-6-12(15)9-11/h4-6,9,13H,2-3,7-8,10,15H2,1H3. The molecule has 1 unspecified atom stereocenters. The smallest absolute Gasteiger partial charge is 0.324 e. The van der Waals surface area contributed by atoms with Crippen LogP contribution in [0.5, 0.6) is 0 Å². The van der Waals surface area contributed by atoms with Crippen molar-refractivity contribution in [2.24, 2.45) is 0 Å². The maximum Gasteiger partial charge on any atom is 0.324 e. The number of sulfonamides is 1. The topological polar surface area (TPSA) is 89.7 Å². The number of hydrogen-bond donors (Lipinski definition) is 1. The SMILES string of the molecule is COC(=O)C1CCCCN1S(=O)(=O)Cc1cccc(N)c1. The highest BCUT2D eigenvalue weighted by molar-refractivity contribution is 7.88. The summed E-state index contributed by atoms with van der Waals surface area (Å²) in [6.45, 7) is 0.352. The van der Waals surface area contributed by atoms with Crippen LogP contribution in [0.4, 0.5) is 5.69 Å². The number of anilines is 1. The lowest BCUT2D eigenvalue weighted by Gasteiger charge is -2.32. The fourth-order valence-corrected chi connectivity index (χ4v) is 4.34. The Balaban J connectivity index is 2.22. The van der Waals surface area contributed by atoms with Gasteiger partial charge in [-0.1, -0.05) is 12.1 Å². The molecule has 2 rings (SSSR count). The van der Waals surface area contributed by atoms with Gasteiger partial charge in [0.1, 0.15) is 6.04 Å². The molecule has 0 bridgehead atoms. The van der Waals surface area contributed by atoms with Crippen LogP contribution >= 0.6 is 0 Å². The summed E-state index contributed by atoms with van der Waals surface area (Å²) in [5, 5.41) is 0. The molecule has 0 aliphatic carbocycles. The molecule has 1 aliphatic heterocycles. The monoisotopic (exact) mass is 312 g/mol. The molecule has 0 spiro atoms. The number of nitrogens with zero attached hydrogens (tertiary/aromatic N) is 1. The molecule has 0 saturated carbocycles. The third-order valence-electron chi connectivity index (χ3n) is 3.58. The number of nitrogen functional groups attached to an aromatic ring is 1. The van der Waals surface area contributed by atoms with Gasteiger partial charge in [0.05, 0.1) is 12.9 Å². The molecule has 0 aromatic heterocycles. The van der Waals surface area contributed by atoms with Gasteiger partial charge in [-0.15, -0.1) is 0 Å². The number of carbonyl (C=O) groups is 1. The average Bonchev–Trinajstić information content (AvgIpc) is 2.46. The number of hydrogen-bond acceptors (Lipinski definition) is 5. The van der Waals surface area contributed by atoms with Gasteiger partial charge in [-0.2, -0.15) is 4.31 Å².